The SMILES string of the molecule is COc1cc(/C=C/C(=O)OCc2nc(-c3ccc(F)cc3)no2)ccc1OC(C)C. The second-order valence-corrected chi connectivity index (χ2v) is 6.54. The molecule has 0 atom stereocenters. The van der Waals surface area contributed by atoms with Crippen molar-refractivity contribution in [2.75, 3.05) is 7.11 Å². The van der Waals surface area contributed by atoms with E-state index >= 15 is 0 Å². The summed E-state index contributed by atoms with van der Waals surface area (Å²) in [5.41, 5.74) is 1.34. The second kappa shape index (κ2) is 9.69. The number of esters is 1. The molecule has 156 valence electrons. The van der Waals surface area contributed by atoms with Gasteiger partial charge in [0.25, 0.3) is 5.89 Å². The number of ether oxygens (including phenoxy) is 3. The van der Waals surface area contributed by atoms with Crippen molar-refractivity contribution in [2.24, 2.45) is 0 Å². The summed E-state index contributed by atoms with van der Waals surface area (Å²) in [7, 11) is 1.55. The van der Waals surface area contributed by atoms with Gasteiger partial charge in [-0.25, -0.2) is 9.18 Å². The predicted molar refractivity (Wildman–Crippen MR) is 107 cm³/mol. The highest BCUT2D eigenvalue weighted by molar-refractivity contribution is 5.87. The fourth-order valence-corrected chi connectivity index (χ4v) is 2.51. The molecule has 0 spiro atoms. The average molecular weight is 412 g/mol. The van der Waals surface area contributed by atoms with Crippen molar-refractivity contribution in [2.45, 2.75) is 26.6 Å². The average Bonchev–Trinajstić information content (AvgIpc) is 3.20. The molecule has 7 nitrogen and oxygen atoms in total. The molecule has 0 amide bonds. The highest BCUT2D eigenvalue weighted by Crippen LogP contribution is 2.29. The summed E-state index contributed by atoms with van der Waals surface area (Å²) in [6.45, 7) is 3.67. The molecule has 0 saturated heterocycles. The first kappa shape index (κ1) is 21.0. The lowest BCUT2D eigenvalue weighted by Crippen LogP contribution is -2.06. The third-order valence-electron chi connectivity index (χ3n) is 3.87. The van der Waals surface area contributed by atoms with Gasteiger partial charge in [-0.2, -0.15) is 4.98 Å². The van der Waals surface area contributed by atoms with Crippen molar-refractivity contribution in [3.63, 3.8) is 0 Å². The fourth-order valence-electron chi connectivity index (χ4n) is 2.51. The molecule has 0 N–H and O–H groups in total. The van der Waals surface area contributed by atoms with Gasteiger partial charge in [-0.15, -0.1) is 0 Å². The molecule has 8 heteroatoms. The van der Waals surface area contributed by atoms with Crippen LogP contribution in [0.2, 0.25) is 0 Å². The van der Waals surface area contributed by atoms with E-state index in [1.807, 2.05) is 13.8 Å². The Morgan fingerprint density at radius 2 is 1.93 bits per heavy atom. The zero-order valence-electron chi connectivity index (χ0n) is 16.8. The molecule has 0 fully saturated rings. The fraction of sp³-hybridized carbons (Fsp3) is 0.227. The number of nitrogens with zero attached hydrogens (tertiary/aromatic N) is 2. The van der Waals surface area contributed by atoms with Crippen LogP contribution in [0.4, 0.5) is 4.39 Å². The molecule has 1 heterocycles. The zero-order chi connectivity index (χ0) is 21.5. The van der Waals surface area contributed by atoms with E-state index in [9.17, 15) is 9.18 Å². The molecular weight excluding hydrogens is 391 g/mol. The number of benzene rings is 2. The van der Waals surface area contributed by atoms with Gasteiger partial charge in [0.1, 0.15) is 5.82 Å². The Balaban J connectivity index is 1.57. The van der Waals surface area contributed by atoms with Crippen LogP contribution in [0.5, 0.6) is 11.5 Å². The normalized spacial score (nSPS) is 11.1. The van der Waals surface area contributed by atoms with Gasteiger partial charge in [-0.05, 0) is 61.9 Å². The van der Waals surface area contributed by atoms with Crippen LogP contribution in [0.3, 0.4) is 0 Å². The number of methoxy groups -OCH3 is 1. The number of hydrogen-bond donors (Lipinski definition) is 0. The topological polar surface area (TPSA) is 83.7 Å². The Hall–Kier alpha value is -3.68. The Labute approximate surface area is 173 Å². The van der Waals surface area contributed by atoms with Gasteiger partial charge >= 0.3 is 5.97 Å². The van der Waals surface area contributed by atoms with Gasteiger partial charge in [0, 0.05) is 11.6 Å². The number of hydrogen-bond acceptors (Lipinski definition) is 7. The first-order valence-electron chi connectivity index (χ1n) is 9.22. The molecule has 3 rings (SSSR count). The molecule has 0 aliphatic rings. The minimum Gasteiger partial charge on any atom is -0.493 e. The minimum atomic E-state index is -0.571. The number of carbonyl (C=O) groups excluding carboxylic acids is 1. The van der Waals surface area contributed by atoms with Crippen LogP contribution in [0.1, 0.15) is 25.3 Å². The number of halogens is 1. The lowest BCUT2D eigenvalue weighted by molar-refractivity contribution is -0.139. The lowest BCUT2D eigenvalue weighted by Gasteiger charge is -2.13. The maximum Gasteiger partial charge on any atom is 0.331 e. The number of rotatable bonds is 8. The van der Waals surface area contributed by atoms with Gasteiger partial charge in [0.15, 0.2) is 18.1 Å². The first-order valence-corrected chi connectivity index (χ1v) is 9.22. The number of aromatic nitrogens is 2. The summed E-state index contributed by atoms with van der Waals surface area (Å²) in [5, 5.41) is 3.79. The zero-order valence-corrected chi connectivity index (χ0v) is 16.8. The van der Waals surface area contributed by atoms with Crippen LogP contribution < -0.4 is 9.47 Å². The smallest absolute Gasteiger partial charge is 0.331 e. The van der Waals surface area contributed by atoms with Gasteiger partial charge in [-0.3, -0.25) is 0 Å². The van der Waals surface area contributed by atoms with Gasteiger partial charge in [-0.1, -0.05) is 11.2 Å². The monoisotopic (exact) mass is 412 g/mol. The van der Waals surface area contributed by atoms with E-state index in [1.54, 1.807) is 31.4 Å². The largest absolute Gasteiger partial charge is 0.493 e. The van der Waals surface area contributed by atoms with Crippen LogP contribution in [-0.2, 0) is 16.1 Å². The standard InChI is InChI=1S/C22H21FN2O5/c1-14(2)29-18-10-4-15(12-19(18)27-3)5-11-21(26)28-13-20-24-22(25-30-20)16-6-8-17(23)9-7-16/h4-12,14H,13H2,1-3H3/b11-5+. The maximum absolute atomic E-state index is 13.0. The van der Waals surface area contributed by atoms with E-state index in [-0.39, 0.29) is 30.2 Å². The highest BCUT2D eigenvalue weighted by atomic mass is 19.1. The van der Waals surface area contributed by atoms with Gasteiger partial charge < -0.3 is 18.7 Å². The Bertz CT molecular complexity index is 1030. The number of carbonyl (C=O) groups is 1. The molecule has 0 aliphatic carbocycles. The van der Waals surface area contributed by atoms with Crippen molar-refractivity contribution < 1.29 is 27.9 Å². The maximum atomic E-state index is 13.0. The van der Waals surface area contributed by atoms with Crippen LogP contribution in [-0.4, -0.2) is 29.3 Å². The highest BCUT2D eigenvalue weighted by Gasteiger charge is 2.11. The van der Waals surface area contributed by atoms with E-state index in [2.05, 4.69) is 10.1 Å². The minimum absolute atomic E-state index is 0.0172. The van der Waals surface area contributed by atoms with Crippen LogP contribution in [0.25, 0.3) is 17.5 Å². The molecule has 2 aromatic carbocycles. The van der Waals surface area contributed by atoms with E-state index in [4.69, 9.17) is 18.7 Å². The summed E-state index contributed by atoms with van der Waals surface area (Å²) in [4.78, 5) is 16.1. The molecule has 3 aromatic rings. The van der Waals surface area contributed by atoms with Crippen LogP contribution >= 0.6 is 0 Å². The van der Waals surface area contributed by atoms with Gasteiger partial charge in [0.05, 0.1) is 13.2 Å². The van der Waals surface area contributed by atoms with E-state index < -0.39 is 5.97 Å². The van der Waals surface area contributed by atoms with Crippen molar-refractivity contribution in [1.29, 1.82) is 0 Å². The van der Waals surface area contributed by atoms with E-state index in [0.29, 0.717) is 17.1 Å². The summed E-state index contributed by atoms with van der Waals surface area (Å²) in [5.74, 6) is 0.681. The predicted octanol–water partition coefficient (Wildman–Crippen LogP) is 4.43. The summed E-state index contributed by atoms with van der Waals surface area (Å²) in [6, 6.07) is 11.0. The Morgan fingerprint density at radius 3 is 2.63 bits per heavy atom. The van der Waals surface area contributed by atoms with E-state index in [0.717, 1.165) is 5.56 Å². The summed E-state index contributed by atoms with van der Waals surface area (Å²) < 4.78 is 34.1. The molecule has 0 unspecified atom stereocenters. The van der Waals surface area contributed by atoms with Crippen molar-refractivity contribution in [3.8, 4) is 22.9 Å². The van der Waals surface area contributed by atoms with Crippen molar-refractivity contribution in [1.82, 2.24) is 10.1 Å². The van der Waals surface area contributed by atoms with E-state index in [1.165, 1.54) is 30.3 Å². The molecule has 0 saturated carbocycles. The van der Waals surface area contributed by atoms with Crippen LogP contribution in [0, 0.1) is 5.82 Å². The molecule has 0 aliphatic heterocycles. The quantitative estimate of drug-likeness (QED) is 0.400. The van der Waals surface area contributed by atoms with Crippen molar-refractivity contribution in [3.05, 3.63) is 65.8 Å². The van der Waals surface area contributed by atoms with Crippen molar-refractivity contribution >= 4 is 12.0 Å². The molecule has 30 heavy (non-hydrogen) atoms. The first-order chi connectivity index (χ1) is 14.4. The second-order valence-electron chi connectivity index (χ2n) is 6.54. The molecule has 0 bridgehead atoms. The summed E-state index contributed by atoms with van der Waals surface area (Å²) >= 11 is 0. The van der Waals surface area contributed by atoms with Crippen LogP contribution in [0.15, 0.2) is 53.1 Å². The summed E-state index contributed by atoms with van der Waals surface area (Å²) in [6.07, 6.45) is 2.90. The molecule has 0 radical (unpaired) electrons. The molecular formula is C22H21FN2O5. The Morgan fingerprint density at radius 1 is 1.17 bits per heavy atom. The Kier molecular flexibility index (Phi) is 6.79. The molecule has 1 aromatic heterocycles. The lowest BCUT2D eigenvalue weighted by atomic mass is 10.2. The third-order valence-corrected chi connectivity index (χ3v) is 3.87. The third kappa shape index (κ3) is 5.66. The van der Waals surface area contributed by atoms with Gasteiger partial charge in [0.2, 0.25) is 5.82 Å².